The van der Waals surface area contributed by atoms with Crippen LogP contribution in [0.2, 0.25) is 0 Å². The van der Waals surface area contributed by atoms with E-state index in [4.69, 9.17) is 16.3 Å². The van der Waals surface area contributed by atoms with Crippen molar-refractivity contribution in [3.05, 3.63) is 18.3 Å². The number of aromatic nitrogens is 1. The van der Waals surface area contributed by atoms with Gasteiger partial charge in [0.15, 0.2) is 0 Å². The van der Waals surface area contributed by atoms with Gasteiger partial charge in [-0.2, -0.15) is 0 Å². The number of methoxy groups -OCH3 is 1. The van der Waals surface area contributed by atoms with Crippen LogP contribution in [0.4, 0.5) is 10.5 Å². The minimum Gasteiger partial charge on any atom is -0.481 e. The number of urea groups is 1. The lowest BCUT2D eigenvalue weighted by Crippen LogP contribution is -2.39. The molecule has 19 heavy (non-hydrogen) atoms. The van der Waals surface area contributed by atoms with Crippen LogP contribution in [0.3, 0.4) is 0 Å². The average molecular weight is 263 g/mol. The summed E-state index contributed by atoms with van der Waals surface area (Å²) in [5.41, 5.74) is 0.415. The quantitative estimate of drug-likeness (QED) is 0.761. The molecule has 0 unspecified atom stereocenters. The number of carboxylic acid groups (broad SMARTS) is 1. The minimum absolute atomic E-state index is 0.0955. The minimum atomic E-state index is -1.14. The fourth-order valence-corrected chi connectivity index (χ4v) is 1.25. The maximum Gasteiger partial charge on any atom is 0.323 e. The van der Waals surface area contributed by atoms with Crippen molar-refractivity contribution in [2.45, 2.75) is 0 Å². The van der Waals surface area contributed by atoms with E-state index in [1.807, 2.05) is 0 Å². The van der Waals surface area contributed by atoms with E-state index < -0.39 is 18.5 Å². The maximum absolute atomic E-state index is 11.8. The fraction of sp³-hybridized carbons (Fsp3) is 0.250. The summed E-state index contributed by atoms with van der Waals surface area (Å²) in [6, 6.07) is 2.55. The highest BCUT2D eigenvalue weighted by Crippen LogP contribution is 2.11. The molecule has 1 rings (SSSR count). The number of pyridine rings is 1. The molecule has 7 heteroatoms. The first-order valence-corrected chi connectivity index (χ1v) is 5.28. The van der Waals surface area contributed by atoms with Gasteiger partial charge < -0.3 is 20.1 Å². The molecule has 7 nitrogen and oxygen atoms in total. The van der Waals surface area contributed by atoms with Gasteiger partial charge in [0, 0.05) is 6.07 Å². The average Bonchev–Trinajstić information content (AvgIpc) is 2.38. The number of carboxylic acids is 1. The summed E-state index contributed by atoms with van der Waals surface area (Å²) in [6.45, 7) is -0.568. The topological polar surface area (TPSA) is 91.8 Å². The van der Waals surface area contributed by atoms with Gasteiger partial charge in [-0.05, 0) is 6.07 Å². The van der Waals surface area contributed by atoms with E-state index in [1.54, 1.807) is 12.1 Å². The Bertz CT molecular complexity index is 493. The molecule has 1 aromatic rings. The number of ether oxygens (including phenoxy) is 1. The number of hydrogen-bond donors (Lipinski definition) is 2. The van der Waals surface area contributed by atoms with E-state index >= 15 is 0 Å². The van der Waals surface area contributed by atoms with Crippen LogP contribution in [0.5, 0.6) is 5.88 Å². The molecule has 2 N–H and O–H groups in total. The lowest BCUT2D eigenvalue weighted by atomic mass is 10.4. The molecule has 0 radical (unpaired) electrons. The zero-order valence-electron chi connectivity index (χ0n) is 10.3. The van der Waals surface area contributed by atoms with E-state index in [9.17, 15) is 9.59 Å². The lowest BCUT2D eigenvalue weighted by Gasteiger charge is -2.18. The van der Waals surface area contributed by atoms with Crippen molar-refractivity contribution in [2.24, 2.45) is 0 Å². The van der Waals surface area contributed by atoms with Crippen LogP contribution >= 0.6 is 0 Å². The number of nitrogens with zero attached hydrogens (tertiary/aromatic N) is 2. The van der Waals surface area contributed by atoms with Gasteiger partial charge in [-0.1, -0.05) is 5.92 Å². The van der Waals surface area contributed by atoms with Gasteiger partial charge >= 0.3 is 12.0 Å². The lowest BCUT2D eigenvalue weighted by molar-refractivity contribution is -0.137. The molecular formula is C12H13N3O4. The number of aliphatic carboxylic acids is 1. The summed E-state index contributed by atoms with van der Waals surface area (Å²) < 4.78 is 4.87. The Morgan fingerprint density at radius 2 is 2.32 bits per heavy atom. The number of hydrogen-bond acceptors (Lipinski definition) is 4. The van der Waals surface area contributed by atoms with E-state index in [2.05, 4.69) is 16.2 Å². The summed E-state index contributed by atoms with van der Waals surface area (Å²) in [6.07, 6.45) is 6.48. The van der Waals surface area contributed by atoms with Crippen LogP contribution in [0.1, 0.15) is 0 Å². The van der Waals surface area contributed by atoms with Crippen LogP contribution in [-0.2, 0) is 4.79 Å². The Morgan fingerprint density at radius 3 is 2.79 bits per heavy atom. The SMILES string of the molecule is C#CCN(CC(=O)O)C(=O)Nc1ccc(OC)nc1. The zero-order valence-corrected chi connectivity index (χ0v) is 10.3. The Balaban J connectivity index is 2.69. The molecule has 0 saturated carbocycles. The molecule has 0 aliphatic rings. The van der Waals surface area contributed by atoms with Gasteiger partial charge in [-0.3, -0.25) is 4.79 Å². The Kier molecular flexibility index (Phi) is 5.17. The van der Waals surface area contributed by atoms with Crippen molar-refractivity contribution in [3.63, 3.8) is 0 Å². The van der Waals surface area contributed by atoms with Crippen LogP contribution in [0.25, 0.3) is 0 Å². The first-order chi connectivity index (χ1) is 9.06. The Morgan fingerprint density at radius 1 is 1.58 bits per heavy atom. The summed E-state index contributed by atoms with van der Waals surface area (Å²) >= 11 is 0. The number of terminal acetylenes is 1. The molecule has 1 heterocycles. The summed E-state index contributed by atoms with van der Waals surface area (Å²) in [4.78, 5) is 27.3. The van der Waals surface area contributed by atoms with Crippen molar-refractivity contribution >= 4 is 17.7 Å². The molecule has 2 amide bonds. The van der Waals surface area contributed by atoms with Crippen molar-refractivity contribution in [2.75, 3.05) is 25.5 Å². The molecule has 0 spiro atoms. The molecule has 0 fully saturated rings. The highest BCUT2D eigenvalue weighted by molar-refractivity contribution is 5.91. The molecule has 0 aromatic carbocycles. The first-order valence-electron chi connectivity index (χ1n) is 5.28. The smallest absolute Gasteiger partial charge is 0.323 e. The molecule has 0 bridgehead atoms. The summed E-state index contributed by atoms with van der Waals surface area (Å²) in [5.74, 6) is 1.49. The number of nitrogens with one attached hydrogen (secondary N) is 1. The second-order valence-corrected chi connectivity index (χ2v) is 3.47. The summed E-state index contributed by atoms with van der Waals surface area (Å²) in [5, 5.41) is 11.2. The Hall–Kier alpha value is -2.75. The number of carbonyl (C=O) groups excluding carboxylic acids is 1. The number of rotatable bonds is 5. The third-order valence-electron chi connectivity index (χ3n) is 2.09. The second kappa shape index (κ2) is 6.86. The second-order valence-electron chi connectivity index (χ2n) is 3.47. The monoisotopic (exact) mass is 263 g/mol. The molecule has 0 atom stereocenters. The van der Waals surface area contributed by atoms with E-state index in [0.717, 1.165) is 4.90 Å². The normalized spacial score (nSPS) is 9.26. The standard InChI is InChI=1S/C12H13N3O4/c1-3-6-15(8-11(16)17)12(18)14-9-4-5-10(19-2)13-7-9/h1,4-5,7H,6,8H2,2H3,(H,14,18)(H,16,17). The van der Waals surface area contributed by atoms with E-state index in [-0.39, 0.29) is 6.54 Å². The fourth-order valence-electron chi connectivity index (χ4n) is 1.25. The van der Waals surface area contributed by atoms with Crippen LogP contribution in [-0.4, -0.2) is 47.2 Å². The van der Waals surface area contributed by atoms with E-state index in [1.165, 1.54) is 13.3 Å². The van der Waals surface area contributed by atoms with Gasteiger partial charge in [0.2, 0.25) is 5.88 Å². The molecule has 100 valence electrons. The predicted molar refractivity (Wildman–Crippen MR) is 67.8 cm³/mol. The summed E-state index contributed by atoms with van der Waals surface area (Å²) in [7, 11) is 1.47. The van der Waals surface area contributed by atoms with Gasteiger partial charge in [0.05, 0.1) is 25.5 Å². The molecular weight excluding hydrogens is 250 g/mol. The molecule has 0 saturated heterocycles. The third-order valence-corrected chi connectivity index (χ3v) is 2.09. The number of amides is 2. The third kappa shape index (κ3) is 4.55. The van der Waals surface area contributed by atoms with Crippen molar-refractivity contribution in [3.8, 4) is 18.2 Å². The van der Waals surface area contributed by atoms with Gasteiger partial charge in [-0.15, -0.1) is 6.42 Å². The highest BCUT2D eigenvalue weighted by atomic mass is 16.5. The largest absolute Gasteiger partial charge is 0.481 e. The number of anilines is 1. The first kappa shape index (κ1) is 14.3. The molecule has 0 aliphatic heterocycles. The highest BCUT2D eigenvalue weighted by Gasteiger charge is 2.15. The zero-order chi connectivity index (χ0) is 14.3. The van der Waals surface area contributed by atoms with Gasteiger partial charge in [0.25, 0.3) is 0 Å². The predicted octanol–water partition coefficient (Wildman–Crippen LogP) is 0.642. The van der Waals surface area contributed by atoms with Crippen LogP contribution < -0.4 is 10.1 Å². The number of carbonyl (C=O) groups is 2. The van der Waals surface area contributed by atoms with Crippen molar-refractivity contribution in [1.29, 1.82) is 0 Å². The van der Waals surface area contributed by atoms with E-state index in [0.29, 0.717) is 11.6 Å². The molecule has 1 aromatic heterocycles. The van der Waals surface area contributed by atoms with Crippen molar-refractivity contribution < 1.29 is 19.4 Å². The van der Waals surface area contributed by atoms with Gasteiger partial charge in [-0.25, -0.2) is 9.78 Å². The Labute approximate surface area is 110 Å². The van der Waals surface area contributed by atoms with Crippen LogP contribution in [0, 0.1) is 12.3 Å². The van der Waals surface area contributed by atoms with Crippen molar-refractivity contribution in [1.82, 2.24) is 9.88 Å². The molecule has 0 aliphatic carbocycles. The van der Waals surface area contributed by atoms with Gasteiger partial charge in [0.1, 0.15) is 6.54 Å². The maximum atomic E-state index is 11.8. The van der Waals surface area contributed by atoms with Crippen LogP contribution in [0.15, 0.2) is 18.3 Å².